The molecule has 0 spiro atoms. The standard InChI is InChI=1S/C19H21ClN2O4/c1-4-25-17-9-14(8-15(20)19(17)24)10-21-22-18(23)11-26-16-7-12(2)5-6-13(16)3/h5-10,24H,4,11H2,1-3H3,(H,22,23)/b21-10+. The molecule has 0 saturated carbocycles. The van der Waals surface area contributed by atoms with Crippen molar-refractivity contribution in [2.24, 2.45) is 5.10 Å². The Hall–Kier alpha value is -2.73. The number of hydrazone groups is 1. The number of aryl methyl sites for hydroxylation is 2. The van der Waals surface area contributed by atoms with E-state index in [9.17, 15) is 9.90 Å². The second-order valence-corrected chi connectivity index (χ2v) is 6.04. The van der Waals surface area contributed by atoms with Gasteiger partial charge in [-0.3, -0.25) is 4.79 Å². The molecule has 0 atom stereocenters. The number of nitrogens with one attached hydrogen (secondary N) is 1. The molecule has 0 aliphatic heterocycles. The largest absolute Gasteiger partial charge is 0.503 e. The number of nitrogens with zero attached hydrogens (tertiary/aromatic N) is 1. The zero-order chi connectivity index (χ0) is 19.1. The van der Waals surface area contributed by atoms with E-state index in [2.05, 4.69) is 10.5 Å². The molecule has 26 heavy (non-hydrogen) atoms. The molecule has 6 nitrogen and oxygen atoms in total. The first-order valence-corrected chi connectivity index (χ1v) is 8.45. The normalized spacial score (nSPS) is 10.8. The lowest BCUT2D eigenvalue weighted by Crippen LogP contribution is -2.24. The van der Waals surface area contributed by atoms with Crippen LogP contribution in [0.4, 0.5) is 0 Å². The third-order valence-corrected chi connectivity index (χ3v) is 3.74. The van der Waals surface area contributed by atoms with E-state index in [1.54, 1.807) is 13.0 Å². The lowest BCUT2D eigenvalue weighted by molar-refractivity contribution is -0.123. The van der Waals surface area contributed by atoms with Crippen LogP contribution in [0.3, 0.4) is 0 Å². The van der Waals surface area contributed by atoms with Crippen LogP contribution >= 0.6 is 11.6 Å². The van der Waals surface area contributed by atoms with Crippen molar-refractivity contribution in [1.29, 1.82) is 0 Å². The number of hydrogen-bond acceptors (Lipinski definition) is 5. The summed E-state index contributed by atoms with van der Waals surface area (Å²) in [6.45, 7) is 5.90. The second-order valence-electron chi connectivity index (χ2n) is 5.63. The first-order valence-electron chi connectivity index (χ1n) is 8.08. The Morgan fingerprint density at radius 3 is 2.73 bits per heavy atom. The number of carbonyl (C=O) groups excluding carboxylic acids is 1. The molecule has 0 unspecified atom stereocenters. The highest BCUT2D eigenvalue weighted by molar-refractivity contribution is 6.32. The highest BCUT2D eigenvalue weighted by Crippen LogP contribution is 2.34. The fourth-order valence-electron chi connectivity index (χ4n) is 2.15. The van der Waals surface area contributed by atoms with E-state index in [1.165, 1.54) is 12.3 Å². The number of phenolic OH excluding ortho intramolecular Hbond substituents is 1. The molecule has 0 aliphatic carbocycles. The minimum absolute atomic E-state index is 0.128. The number of carbonyl (C=O) groups is 1. The van der Waals surface area contributed by atoms with Crippen molar-refractivity contribution in [1.82, 2.24) is 5.43 Å². The fraction of sp³-hybridized carbons (Fsp3) is 0.263. The Labute approximate surface area is 157 Å². The maximum absolute atomic E-state index is 11.9. The van der Waals surface area contributed by atoms with Crippen molar-refractivity contribution in [3.63, 3.8) is 0 Å². The van der Waals surface area contributed by atoms with Gasteiger partial charge < -0.3 is 14.6 Å². The van der Waals surface area contributed by atoms with Gasteiger partial charge in [-0.2, -0.15) is 5.10 Å². The maximum Gasteiger partial charge on any atom is 0.277 e. The van der Waals surface area contributed by atoms with Gasteiger partial charge in [0.2, 0.25) is 0 Å². The average molecular weight is 377 g/mol. The maximum atomic E-state index is 11.9. The van der Waals surface area contributed by atoms with E-state index in [-0.39, 0.29) is 23.1 Å². The predicted octanol–water partition coefficient (Wildman–Crippen LogP) is 3.59. The van der Waals surface area contributed by atoms with E-state index < -0.39 is 5.91 Å². The summed E-state index contributed by atoms with van der Waals surface area (Å²) in [5.74, 6) is 0.399. The SMILES string of the molecule is CCOc1cc(/C=N/NC(=O)COc2cc(C)ccc2C)cc(Cl)c1O. The molecule has 0 fully saturated rings. The molecule has 0 bridgehead atoms. The molecule has 0 aromatic heterocycles. The van der Waals surface area contributed by atoms with Gasteiger partial charge in [-0.15, -0.1) is 0 Å². The van der Waals surface area contributed by atoms with Gasteiger partial charge in [-0.25, -0.2) is 5.43 Å². The summed E-state index contributed by atoms with van der Waals surface area (Å²) in [6.07, 6.45) is 1.41. The van der Waals surface area contributed by atoms with Crippen LogP contribution in [-0.2, 0) is 4.79 Å². The van der Waals surface area contributed by atoms with Gasteiger partial charge in [0, 0.05) is 0 Å². The van der Waals surface area contributed by atoms with Gasteiger partial charge in [0.25, 0.3) is 5.91 Å². The van der Waals surface area contributed by atoms with Crippen LogP contribution in [0.5, 0.6) is 17.2 Å². The van der Waals surface area contributed by atoms with Crippen molar-refractivity contribution in [3.05, 3.63) is 52.0 Å². The molecule has 1 amide bonds. The van der Waals surface area contributed by atoms with Crippen molar-refractivity contribution >= 4 is 23.7 Å². The van der Waals surface area contributed by atoms with E-state index in [0.717, 1.165) is 11.1 Å². The van der Waals surface area contributed by atoms with E-state index >= 15 is 0 Å². The summed E-state index contributed by atoms with van der Waals surface area (Å²) in [7, 11) is 0. The molecule has 0 aliphatic rings. The van der Waals surface area contributed by atoms with Crippen molar-refractivity contribution < 1.29 is 19.4 Å². The van der Waals surface area contributed by atoms with Crippen LogP contribution in [0.25, 0.3) is 0 Å². The molecular weight excluding hydrogens is 356 g/mol. The number of phenols is 1. The van der Waals surface area contributed by atoms with Crippen molar-refractivity contribution in [3.8, 4) is 17.2 Å². The number of aromatic hydroxyl groups is 1. The topological polar surface area (TPSA) is 80.2 Å². The van der Waals surface area contributed by atoms with Gasteiger partial charge in [-0.05, 0) is 55.7 Å². The van der Waals surface area contributed by atoms with Crippen LogP contribution in [-0.4, -0.2) is 30.4 Å². The highest BCUT2D eigenvalue weighted by atomic mass is 35.5. The van der Waals surface area contributed by atoms with Gasteiger partial charge in [0.05, 0.1) is 17.8 Å². The summed E-state index contributed by atoms with van der Waals surface area (Å²) in [5.41, 5.74) is 4.96. The van der Waals surface area contributed by atoms with Crippen LogP contribution in [0.15, 0.2) is 35.4 Å². The monoisotopic (exact) mass is 376 g/mol. The summed E-state index contributed by atoms with van der Waals surface area (Å²) in [5, 5.41) is 13.8. The quantitative estimate of drug-likeness (QED) is 0.571. The lowest BCUT2D eigenvalue weighted by Gasteiger charge is -2.09. The fourth-order valence-corrected chi connectivity index (χ4v) is 2.37. The summed E-state index contributed by atoms with van der Waals surface area (Å²) in [4.78, 5) is 11.9. The Bertz CT molecular complexity index is 821. The second kappa shape index (κ2) is 9.10. The minimum atomic E-state index is -0.392. The predicted molar refractivity (Wildman–Crippen MR) is 101 cm³/mol. The van der Waals surface area contributed by atoms with E-state index in [0.29, 0.717) is 17.9 Å². The summed E-state index contributed by atoms with van der Waals surface area (Å²) >= 11 is 5.94. The number of halogens is 1. The zero-order valence-corrected chi connectivity index (χ0v) is 15.6. The Morgan fingerprint density at radius 2 is 2.00 bits per heavy atom. The van der Waals surface area contributed by atoms with Gasteiger partial charge in [0.1, 0.15) is 5.75 Å². The van der Waals surface area contributed by atoms with E-state index in [4.69, 9.17) is 21.1 Å². The molecule has 138 valence electrons. The average Bonchev–Trinajstić information content (AvgIpc) is 2.60. The molecule has 0 heterocycles. The summed E-state index contributed by atoms with van der Waals surface area (Å²) < 4.78 is 10.8. The van der Waals surface area contributed by atoms with Crippen LogP contribution < -0.4 is 14.9 Å². The molecule has 2 aromatic carbocycles. The molecular formula is C19H21ClN2O4. The smallest absolute Gasteiger partial charge is 0.277 e. The van der Waals surface area contributed by atoms with Crippen LogP contribution in [0.2, 0.25) is 5.02 Å². The molecule has 7 heteroatoms. The zero-order valence-electron chi connectivity index (χ0n) is 14.9. The number of ether oxygens (including phenoxy) is 2. The highest BCUT2D eigenvalue weighted by Gasteiger charge is 2.09. The van der Waals surface area contributed by atoms with Crippen molar-refractivity contribution in [2.75, 3.05) is 13.2 Å². The first kappa shape index (κ1) is 19.6. The lowest BCUT2D eigenvalue weighted by atomic mass is 10.1. The molecule has 0 saturated heterocycles. The third-order valence-electron chi connectivity index (χ3n) is 3.46. The van der Waals surface area contributed by atoms with Crippen LogP contribution in [0.1, 0.15) is 23.6 Å². The van der Waals surface area contributed by atoms with Gasteiger partial charge >= 0.3 is 0 Å². The Balaban J connectivity index is 1.93. The molecule has 2 N–H and O–H groups in total. The molecule has 0 radical (unpaired) electrons. The number of rotatable bonds is 7. The molecule has 2 rings (SSSR count). The molecule has 2 aromatic rings. The summed E-state index contributed by atoms with van der Waals surface area (Å²) in [6, 6.07) is 8.88. The van der Waals surface area contributed by atoms with Crippen molar-refractivity contribution in [2.45, 2.75) is 20.8 Å². The van der Waals surface area contributed by atoms with Gasteiger partial charge in [-0.1, -0.05) is 23.7 Å². The number of amides is 1. The van der Waals surface area contributed by atoms with Crippen LogP contribution in [0, 0.1) is 13.8 Å². The minimum Gasteiger partial charge on any atom is -0.503 e. The van der Waals surface area contributed by atoms with E-state index in [1.807, 2.05) is 32.0 Å². The number of hydrogen-bond donors (Lipinski definition) is 2. The van der Waals surface area contributed by atoms with Gasteiger partial charge in [0.15, 0.2) is 18.1 Å². The number of benzene rings is 2. The third kappa shape index (κ3) is 5.39. The Morgan fingerprint density at radius 1 is 1.23 bits per heavy atom. The first-order chi connectivity index (χ1) is 12.4. The Kier molecular flexibility index (Phi) is 6.86.